The zero-order valence-electron chi connectivity index (χ0n) is 18.6. The van der Waals surface area contributed by atoms with E-state index in [1.165, 1.54) is 6.07 Å². The molecule has 0 bridgehead atoms. The first-order valence-corrected chi connectivity index (χ1v) is 10.9. The van der Waals surface area contributed by atoms with E-state index < -0.39 is 23.6 Å². The van der Waals surface area contributed by atoms with Crippen molar-refractivity contribution in [2.45, 2.75) is 32.4 Å². The lowest BCUT2D eigenvalue weighted by atomic mass is 9.95. The largest absolute Gasteiger partial charge is 0.481 e. The van der Waals surface area contributed by atoms with Gasteiger partial charge in [-0.25, -0.2) is 9.07 Å². The maximum Gasteiger partial charge on any atom is 0.311 e. The van der Waals surface area contributed by atoms with Crippen LogP contribution in [-0.4, -0.2) is 37.3 Å². The van der Waals surface area contributed by atoms with Crippen LogP contribution in [0.1, 0.15) is 17.5 Å². The number of hydrogen-bond donors (Lipinski definition) is 2. The Balaban J connectivity index is 1.44. The maximum atomic E-state index is 13.8. The van der Waals surface area contributed by atoms with E-state index in [-0.39, 0.29) is 18.8 Å². The van der Waals surface area contributed by atoms with E-state index in [1.54, 1.807) is 37.3 Å². The van der Waals surface area contributed by atoms with Crippen molar-refractivity contribution in [3.05, 3.63) is 94.0 Å². The van der Waals surface area contributed by atoms with Crippen LogP contribution in [0.25, 0.3) is 22.0 Å². The third-order valence-electron chi connectivity index (χ3n) is 5.97. The van der Waals surface area contributed by atoms with E-state index in [2.05, 4.69) is 10.3 Å². The minimum Gasteiger partial charge on any atom is -0.481 e. The molecule has 34 heavy (non-hydrogen) atoms. The summed E-state index contributed by atoms with van der Waals surface area (Å²) in [5.74, 6) is -2.70. The summed E-state index contributed by atoms with van der Waals surface area (Å²) in [6.45, 7) is 1.42. The number of benzene rings is 3. The first-order chi connectivity index (χ1) is 16.3. The van der Waals surface area contributed by atoms with Gasteiger partial charge in [0.1, 0.15) is 17.3 Å². The molecule has 1 heterocycles. The molecule has 0 saturated heterocycles. The van der Waals surface area contributed by atoms with Gasteiger partial charge >= 0.3 is 5.97 Å². The van der Waals surface area contributed by atoms with Gasteiger partial charge < -0.3 is 10.2 Å². The van der Waals surface area contributed by atoms with E-state index in [1.807, 2.05) is 30.3 Å². The van der Waals surface area contributed by atoms with Gasteiger partial charge in [-0.15, -0.1) is 5.10 Å². The van der Waals surface area contributed by atoms with Crippen molar-refractivity contribution in [3.8, 4) is 11.1 Å². The van der Waals surface area contributed by atoms with Gasteiger partial charge in [-0.3, -0.25) is 9.59 Å². The summed E-state index contributed by atoms with van der Waals surface area (Å²) in [6, 6.07) is 19.2. The molecule has 8 heteroatoms. The topological polar surface area (TPSA) is 105 Å². The van der Waals surface area contributed by atoms with Gasteiger partial charge in [-0.2, -0.15) is 0 Å². The van der Waals surface area contributed by atoms with Gasteiger partial charge in [-0.1, -0.05) is 53.7 Å². The Kier molecular flexibility index (Phi) is 6.79. The minimum atomic E-state index is -1.22. The Hall–Kier alpha value is -3.91. The fourth-order valence-electron chi connectivity index (χ4n) is 3.85. The molecule has 174 valence electrons. The van der Waals surface area contributed by atoms with Crippen LogP contribution in [-0.2, 0) is 17.8 Å². The summed E-state index contributed by atoms with van der Waals surface area (Å²) >= 11 is 0. The summed E-state index contributed by atoms with van der Waals surface area (Å²) in [5, 5.41) is 28.4. The van der Waals surface area contributed by atoms with Crippen molar-refractivity contribution < 1.29 is 19.4 Å². The standard InChI is InChI=1S/C26H24FN3O4/c1-16-6-10-19(14-22(16)27)18-11-7-17(8-12-18)9-13-24(31)21(26(33)34)15-30-25(32)20-4-2-3-5-23(20)28-29-30/h2-8,10-12,14,21,24,31H,9,13,15H2,1H3,(H,33,34)/t21-,24+/m0/s1. The van der Waals surface area contributed by atoms with Crippen molar-refractivity contribution in [1.82, 2.24) is 15.0 Å². The van der Waals surface area contributed by atoms with Crippen LogP contribution in [0.15, 0.2) is 71.5 Å². The number of aliphatic hydroxyl groups excluding tert-OH is 1. The fourth-order valence-corrected chi connectivity index (χ4v) is 3.85. The molecule has 2 N–H and O–H groups in total. The zero-order chi connectivity index (χ0) is 24.2. The van der Waals surface area contributed by atoms with E-state index in [4.69, 9.17) is 0 Å². The molecule has 4 rings (SSSR count). The molecule has 0 spiro atoms. The van der Waals surface area contributed by atoms with Crippen molar-refractivity contribution >= 4 is 16.9 Å². The Morgan fingerprint density at radius 1 is 1.06 bits per heavy atom. The molecule has 0 aliphatic rings. The molecule has 0 aliphatic carbocycles. The second-order valence-corrected chi connectivity index (χ2v) is 8.31. The molecule has 4 aromatic rings. The number of aromatic nitrogens is 3. The highest BCUT2D eigenvalue weighted by molar-refractivity contribution is 5.76. The zero-order valence-corrected chi connectivity index (χ0v) is 18.6. The summed E-state index contributed by atoms with van der Waals surface area (Å²) < 4.78 is 14.8. The minimum absolute atomic E-state index is 0.186. The van der Waals surface area contributed by atoms with E-state index in [0.717, 1.165) is 21.4 Å². The highest BCUT2D eigenvalue weighted by Crippen LogP contribution is 2.23. The first kappa shape index (κ1) is 23.3. The van der Waals surface area contributed by atoms with Gasteiger partial charge in [0.15, 0.2) is 0 Å². The summed E-state index contributed by atoms with van der Waals surface area (Å²) in [7, 11) is 0. The lowest BCUT2D eigenvalue weighted by molar-refractivity contribution is -0.146. The Bertz CT molecular complexity index is 1390. The molecule has 0 aliphatic heterocycles. The van der Waals surface area contributed by atoms with Gasteiger partial charge in [0.05, 0.1) is 18.0 Å². The van der Waals surface area contributed by atoms with Crippen molar-refractivity contribution in [1.29, 1.82) is 0 Å². The fraction of sp³-hybridized carbons (Fsp3) is 0.231. The van der Waals surface area contributed by atoms with Crippen LogP contribution in [0.4, 0.5) is 4.39 Å². The first-order valence-electron chi connectivity index (χ1n) is 10.9. The lowest BCUT2D eigenvalue weighted by Crippen LogP contribution is -2.37. The van der Waals surface area contributed by atoms with Crippen molar-refractivity contribution in [2.24, 2.45) is 5.92 Å². The Labute approximate surface area is 195 Å². The number of aliphatic carboxylic acids is 1. The quantitative estimate of drug-likeness (QED) is 0.415. The highest BCUT2D eigenvalue weighted by Gasteiger charge is 2.28. The molecule has 0 unspecified atom stereocenters. The third kappa shape index (κ3) is 5.02. The molecular weight excluding hydrogens is 437 g/mol. The molecule has 0 fully saturated rings. The van der Waals surface area contributed by atoms with E-state index in [9.17, 15) is 24.2 Å². The number of nitrogens with zero attached hydrogens (tertiary/aromatic N) is 3. The lowest BCUT2D eigenvalue weighted by Gasteiger charge is -2.19. The predicted octanol–water partition coefficient (Wildman–Crippen LogP) is 3.60. The third-order valence-corrected chi connectivity index (χ3v) is 5.97. The molecule has 0 radical (unpaired) electrons. The van der Waals surface area contributed by atoms with Crippen LogP contribution in [0.2, 0.25) is 0 Å². The van der Waals surface area contributed by atoms with Crippen molar-refractivity contribution in [3.63, 3.8) is 0 Å². The molecule has 2 atom stereocenters. The van der Waals surface area contributed by atoms with Crippen molar-refractivity contribution in [2.75, 3.05) is 0 Å². The number of halogens is 1. The number of rotatable bonds is 8. The number of carboxylic acids is 1. The molecule has 0 amide bonds. The molecular formula is C26H24FN3O4. The van der Waals surface area contributed by atoms with Crippen LogP contribution in [0.5, 0.6) is 0 Å². The summed E-state index contributed by atoms with van der Waals surface area (Å²) in [6.07, 6.45) is -0.569. The summed E-state index contributed by atoms with van der Waals surface area (Å²) in [5.41, 5.74) is 3.09. The Morgan fingerprint density at radius 2 is 1.76 bits per heavy atom. The van der Waals surface area contributed by atoms with E-state index >= 15 is 0 Å². The smallest absolute Gasteiger partial charge is 0.311 e. The Morgan fingerprint density at radius 3 is 2.47 bits per heavy atom. The van der Waals surface area contributed by atoms with Gasteiger partial charge in [-0.05, 0) is 60.2 Å². The van der Waals surface area contributed by atoms with Crippen LogP contribution < -0.4 is 5.56 Å². The predicted molar refractivity (Wildman–Crippen MR) is 126 cm³/mol. The SMILES string of the molecule is Cc1ccc(-c2ccc(CC[C@@H](O)[C@H](Cn3nnc4ccccc4c3=O)C(=O)O)cc2)cc1F. The van der Waals surface area contributed by atoms with E-state index in [0.29, 0.717) is 22.9 Å². The summed E-state index contributed by atoms with van der Waals surface area (Å²) in [4.78, 5) is 24.5. The van der Waals surface area contributed by atoms with Crippen LogP contribution >= 0.6 is 0 Å². The van der Waals surface area contributed by atoms with Crippen LogP contribution in [0, 0.1) is 18.7 Å². The molecule has 1 aromatic heterocycles. The van der Waals surface area contributed by atoms with Crippen LogP contribution in [0.3, 0.4) is 0 Å². The second-order valence-electron chi connectivity index (χ2n) is 8.31. The average Bonchev–Trinajstić information content (AvgIpc) is 2.84. The van der Waals surface area contributed by atoms with Gasteiger partial charge in [0.25, 0.3) is 5.56 Å². The number of aliphatic hydroxyl groups is 1. The second kappa shape index (κ2) is 9.93. The van der Waals surface area contributed by atoms with Gasteiger partial charge in [0, 0.05) is 0 Å². The molecule has 0 saturated carbocycles. The number of fused-ring (bicyclic) bond motifs is 1. The van der Waals surface area contributed by atoms with Gasteiger partial charge in [0.2, 0.25) is 0 Å². The highest BCUT2D eigenvalue weighted by atomic mass is 19.1. The maximum absolute atomic E-state index is 13.8. The average molecular weight is 461 g/mol. The number of carbonyl (C=O) groups is 1. The number of hydrogen-bond acceptors (Lipinski definition) is 5. The monoisotopic (exact) mass is 461 g/mol. The number of aryl methyl sites for hydroxylation is 2. The molecule has 7 nitrogen and oxygen atoms in total. The number of carboxylic acid groups (broad SMARTS) is 1. The molecule has 3 aromatic carbocycles. The normalized spacial score (nSPS) is 13.0.